The number of aryl methyl sites for hydroxylation is 1. The van der Waals surface area contributed by atoms with Gasteiger partial charge in [-0.25, -0.2) is 9.78 Å². The van der Waals surface area contributed by atoms with Crippen molar-refractivity contribution in [2.24, 2.45) is 13.0 Å². The molecule has 0 radical (unpaired) electrons. The normalized spacial score (nSPS) is 19.9. The molecule has 0 saturated carbocycles. The Bertz CT molecular complexity index is 1100. The maximum Gasteiger partial charge on any atom is 0.339 e. The van der Waals surface area contributed by atoms with Crippen molar-refractivity contribution in [2.45, 2.75) is 32.1 Å². The van der Waals surface area contributed by atoms with Crippen LogP contribution in [0.25, 0.3) is 10.9 Å². The van der Waals surface area contributed by atoms with Gasteiger partial charge in [0, 0.05) is 56.5 Å². The number of carbonyl (C=O) groups is 1. The van der Waals surface area contributed by atoms with Crippen LogP contribution in [-0.2, 0) is 11.8 Å². The van der Waals surface area contributed by atoms with Crippen molar-refractivity contribution in [2.75, 3.05) is 44.2 Å². The molecule has 5 rings (SSSR count). The molecular weight excluding hydrogens is 412 g/mol. The number of nitrogens with zero attached hydrogens (tertiary/aromatic N) is 4. The predicted molar refractivity (Wildman–Crippen MR) is 132 cm³/mol. The second kappa shape index (κ2) is 9.56. The maximum atomic E-state index is 11.8. The first-order valence-corrected chi connectivity index (χ1v) is 12.3. The van der Waals surface area contributed by atoms with Gasteiger partial charge in [0.25, 0.3) is 0 Å². The van der Waals surface area contributed by atoms with Crippen LogP contribution in [0.1, 0.15) is 48.0 Å². The highest BCUT2D eigenvalue weighted by molar-refractivity contribution is 5.89. The molecule has 2 fully saturated rings. The molecule has 0 amide bonds. The van der Waals surface area contributed by atoms with Crippen molar-refractivity contribution >= 4 is 22.7 Å². The van der Waals surface area contributed by atoms with Crippen LogP contribution in [0.15, 0.2) is 48.8 Å². The molecule has 174 valence electrons. The molecule has 0 aliphatic carbocycles. The van der Waals surface area contributed by atoms with Gasteiger partial charge in [0.05, 0.1) is 12.2 Å². The number of piperidine rings is 1. The van der Waals surface area contributed by atoms with Crippen molar-refractivity contribution in [3.8, 4) is 0 Å². The van der Waals surface area contributed by atoms with Crippen molar-refractivity contribution < 1.29 is 9.53 Å². The Morgan fingerprint density at radius 1 is 1.09 bits per heavy atom. The van der Waals surface area contributed by atoms with E-state index in [1.54, 1.807) is 6.20 Å². The molecule has 1 aromatic carbocycles. The summed E-state index contributed by atoms with van der Waals surface area (Å²) in [4.78, 5) is 21.4. The van der Waals surface area contributed by atoms with E-state index in [0.29, 0.717) is 18.1 Å². The first kappa shape index (κ1) is 22.0. The van der Waals surface area contributed by atoms with E-state index >= 15 is 0 Å². The lowest BCUT2D eigenvalue weighted by molar-refractivity contribution is 0.0526. The van der Waals surface area contributed by atoms with Gasteiger partial charge in [0.2, 0.25) is 0 Å². The Kier molecular flexibility index (Phi) is 6.36. The van der Waals surface area contributed by atoms with Crippen LogP contribution >= 0.6 is 0 Å². The Morgan fingerprint density at radius 2 is 1.91 bits per heavy atom. The topological polar surface area (TPSA) is 50.6 Å². The van der Waals surface area contributed by atoms with Crippen molar-refractivity contribution in [3.05, 3.63) is 59.9 Å². The molecule has 3 aromatic rings. The molecule has 0 N–H and O–H groups in total. The molecule has 2 aliphatic heterocycles. The summed E-state index contributed by atoms with van der Waals surface area (Å²) >= 11 is 0. The fourth-order valence-electron chi connectivity index (χ4n) is 5.57. The minimum absolute atomic E-state index is 0.303. The zero-order valence-electron chi connectivity index (χ0n) is 19.7. The number of ether oxygens (including phenoxy) is 1. The number of rotatable bonds is 6. The van der Waals surface area contributed by atoms with E-state index < -0.39 is 0 Å². The summed E-state index contributed by atoms with van der Waals surface area (Å²) in [7, 11) is 2.16. The third-order valence-electron chi connectivity index (χ3n) is 7.35. The number of anilines is 1. The smallest absolute Gasteiger partial charge is 0.339 e. The van der Waals surface area contributed by atoms with E-state index in [9.17, 15) is 4.79 Å². The molecular formula is C27H34N4O2. The van der Waals surface area contributed by atoms with E-state index in [2.05, 4.69) is 56.9 Å². The molecule has 1 unspecified atom stereocenters. The highest BCUT2D eigenvalue weighted by Gasteiger charge is 2.29. The molecule has 6 heteroatoms. The lowest BCUT2D eigenvalue weighted by Gasteiger charge is -2.34. The summed E-state index contributed by atoms with van der Waals surface area (Å²) in [6.45, 7) is 7.82. The Labute approximate surface area is 196 Å². The van der Waals surface area contributed by atoms with Crippen LogP contribution < -0.4 is 4.90 Å². The van der Waals surface area contributed by atoms with Crippen molar-refractivity contribution in [1.29, 1.82) is 0 Å². The molecule has 2 saturated heterocycles. The number of esters is 1. The SMILES string of the molecule is CCOC(=O)c1ccc(N2CCC(CN3CCC(c4cn(C)c5ccccc45)C3)CC2)nc1. The largest absolute Gasteiger partial charge is 0.462 e. The molecule has 4 heterocycles. The van der Waals surface area contributed by atoms with E-state index in [4.69, 9.17) is 4.74 Å². The fraction of sp³-hybridized carbons (Fsp3) is 0.481. The van der Waals surface area contributed by atoms with Crippen LogP contribution in [0, 0.1) is 5.92 Å². The number of benzene rings is 1. The molecule has 6 nitrogen and oxygen atoms in total. The number of hydrogen-bond donors (Lipinski definition) is 0. The first-order chi connectivity index (χ1) is 16.1. The Hall–Kier alpha value is -2.86. The Morgan fingerprint density at radius 3 is 2.67 bits per heavy atom. The number of aromatic nitrogens is 2. The van der Waals surface area contributed by atoms with Gasteiger partial charge in [-0.1, -0.05) is 18.2 Å². The van der Waals surface area contributed by atoms with Gasteiger partial charge in [0.15, 0.2) is 0 Å². The minimum atomic E-state index is -0.303. The highest BCUT2D eigenvalue weighted by Crippen LogP contribution is 2.34. The average molecular weight is 447 g/mol. The number of fused-ring (bicyclic) bond motifs is 1. The molecule has 0 bridgehead atoms. The number of carbonyl (C=O) groups excluding carboxylic acids is 1. The number of pyridine rings is 1. The second-order valence-corrected chi connectivity index (χ2v) is 9.51. The quantitative estimate of drug-likeness (QED) is 0.524. The third kappa shape index (κ3) is 4.62. The molecule has 2 aliphatic rings. The van der Waals surface area contributed by atoms with Gasteiger partial charge < -0.3 is 19.1 Å². The van der Waals surface area contributed by atoms with E-state index in [-0.39, 0.29) is 5.97 Å². The van der Waals surface area contributed by atoms with E-state index in [0.717, 1.165) is 24.8 Å². The summed E-state index contributed by atoms with van der Waals surface area (Å²) in [5.74, 6) is 2.03. The number of hydrogen-bond acceptors (Lipinski definition) is 5. The molecule has 33 heavy (non-hydrogen) atoms. The van der Waals surface area contributed by atoms with Crippen LogP contribution in [0.3, 0.4) is 0 Å². The molecule has 1 atom stereocenters. The van der Waals surface area contributed by atoms with Crippen LogP contribution in [0.2, 0.25) is 0 Å². The predicted octanol–water partition coefficient (Wildman–Crippen LogP) is 4.46. The van der Waals surface area contributed by atoms with Gasteiger partial charge in [-0.2, -0.15) is 0 Å². The minimum Gasteiger partial charge on any atom is -0.462 e. The number of likely N-dealkylation sites (tertiary alicyclic amines) is 1. The third-order valence-corrected chi connectivity index (χ3v) is 7.35. The highest BCUT2D eigenvalue weighted by atomic mass is 16.5. The maximum absolute atomic E-state index is 11.8. The molecule has 0 spiro atoms. The van der Waals surface area contributed by atoms with Gasteiger partial charge in [-0.05, 0) is 68.3 Å². The first-order valence-electron chi connectivity index (χ1n) is 12.3. The van der Waals surface area contributed by atoms with Crippen LogP contribution in [0.4, 0.5) is 5.82 Å². The van der Waals surface area contributed by atoms with Crippen molar-refractivity contribution in [3.63, 3.8) is 0 Å². The lowest BCUT2D eigenvalue weighted by atomic mass is 9.96. The zero-order valence-corrected chi connectivity index (χ0v) is 19.7. The standard InChI is InChI=1S/C27H34N4O2/c1-3-33-27(32)21-8-9-26(28-16-21)31-14-10-20(11-15-31)17-30-13-12-22(18-30)24-19-29(2)25-7-5-4-6-23(24)25/h4-9,16,19-20,22H,3,10-15,17-18H2,1-2H3. The van der Waals surface area contributed by atoms with Gasteiger partial charge in [-0.3, -0.25) is 0 Å². The van der Waals surface area contributed by atoms with Crippen molar-refractivity contribution in [1.82, 2.24) is 14.5 Å². The van der Waals surface area contributed by atoms with Crippen LogP contribution in [-0.4, -0.2) is 59.8 Å². The van der Waals surface area contributed by atoms with E-state index in [1.807, 2.05) is 19.1 Å². The average Bonchev–Trinajstić information content (AvgIpc) is 3.44. The van der Waals surface area contributed by atoms with Gasteiger partial charge in [-0.15, -0.1) is 0 Å². The fourth-order valence-corrected chi connectivity index (χ4v) is 5.57. The lowest BCUT2D eigenvalue weighted by Crippen LogP contribution is -2.38. The summed E-state index contributed by atoms with van der Waals surface area (Å²) in [5.41, 5.74) is 3.37. The van der Waals surface area contributed by atoms with Gasteiger partial charge in [0.1, 0.15) is 5.82 Å². The zero-order chi connectivity index (χ0) is 22.8. The van der Waals surface area contributed by atoms with E-state index in [1.165, 1.54) is 55.4 Å². The van der Waals surface area contributed by atoms with Gasteiger partial charge >= 0.3 is 5.97 Å². The molecule has 2 aromatic heterocycles. The van der Waals surface area contributed by atoms with Crippen LogP contribution in [0.5, 0.6) is 0 Å². The summed E-state index contributed by atoms with van der Waals surface area (Å²) in [5, 5.41) is 1.42. The summed E-state index contributed by atoms with van der Waals surface area (Å²) in [6, 6.07) is 12.6. The second-order valence-electron chi connectivity index (χ2n) is 9.51. The monoisotopic (exact) mass is 446 g/mol. The Balaban J connectivity index is 1.13. The number of para-hydroxylation sites is 1. The summed E-state index contributed by atoms with van der Waals surface area (Å²) in [6.07, 6.45) is 7.62. The summed E-state index contributed by atoms with van der Waals surface area (Å²) < 4.78 is 7.32.